The fraction of sp³-hybridized carbons (Fsp3) is 0.0714. The lowest BCUT2D eigenvalue weighted by atomic mass is 9.88. The van der Waals surface area contributed by atoms with Crippen LogP contribution in [0, 0.1) is 5.41 Å². The molecule has 1 heterocycles. The molecule has 0 fully saturated rings. The molecular formula is C42H32N2. The van der Waals surface area contributed by atoms with Gasteiger partial charge in [0.2, 0.25) is 0 Å². The number of benzene rings is 6. The number of nitrogens with zero attached hydrogens (tertiary/aromatic N) is 1. The molecule has 1 aliphatic rings. The predicted molar refractivity (Wildman–Crippen MR) is 188 cm³/mol. The van der Waals surface area contributed by atoms with Gasteiger partial charge in [-0.2, -0.15) is 0 Å². The molecule has 7 aromatic rings. The summed E-state index contributed by atoms with van der Waals surface area (Å²) in [6, 6.07) is 46.5. The van der Waals surface area contributed by atoms with Gasteiger partial charge in [0.1, 0.15) is 0 Å². The third-order valence-corrected chi connectivity index (χ3v) is 9.02. The minimum atomic E-state index is 0.612. The Morgan fingerprint density at radius 1 is 0.636 bits per heavy atom. The Balaban J connectivity index is 1.33. The van der Waals surface area contributed by atoms with Gasteiger partial charge in [-0.3, -0.25) is 0 Å². The molecule has 0 spiro atoms. The van der Waals surface area contributed by atoms with Gasteiger partial charge in [-0.1, -0.05) is 103 Å². The molecule has 1 N–H and O–H groups in total. The molecule has 1 aromatic heterocycles. The van der Waals surface area contributed by atoms with E-state index in [4.69, 9.17) is 5.41 Å². The van der Waals surface area contributed by atoms with Crippen molar-refractivity contribution in [2.24, 2.45) is 0 Å². The second kappa shape index (κ2) is 10.7. The number of para-hydroxylation sites is 1. The topological polar surface area (TPSA) is 28.8 Å². The minimum absolute atomic E-state index is 0.612. The third-order valence-electron chi connectivity index (χ3n) is 9.02. The maximum atomic E-state index is 8.45. The molecule has 2 heteroatoms. The molecular weight excluding hydrogens is 532 g/mol. The summed E-state index contributed by atoms with van der Waals surface area (Å²) in [4.78, 5) is 0. The van der Waals surface area contributed by atoms with Crippen LogP contribution in [0.2, 0.25) is 0 Å². The monoisotopic (exact) mass is 564 g/mol. The molecule has 6 aromatic carbocycles. The Labute approximate surface area is 257 Å². The molecule has 0 amide bonds. The first-order chi connectivity index (χ1) is 21.7. The van der Waals surface area contributed by atoms with Crippen molar-refractivity contribution in [1.29, 1.82) is 5.41 Å². The molecule has 44 heavy (non-hydrogen) atoms. The van der Waals surface area contributed by atoms with E-state index in [1.807, 2.05) is 19.1 Å². The van der Waals surface area contributed by atoms with Crippen molar-refractivity contribution in [3.05, 3.63) is 156 Å². The molecule has 8 rings (SSSR count). The first-order valence-electron chi connectivity index (χ1n) is 15.4. The first-order valence-corrected chi connectivity index (χ1v) is 15.4. The second-order valence-electron chi connectivity index (χ2n) is 11.7. The number of nitrogens with one attached hydrogen (secondary N) is 1. The molecule has 0 bridgehead atoms. The lowest BCUT2D eigenvalue weighted by Crippen LogP contribution is -2.05. The van der Waals surface area contributed by atoms with E-state index in [-0.39, 0.29) is 0 Å². The molecule has 0 saturated carbocycles. The fourth-order valence-electron chi connectivity index (χ4n) is 6.82. The van der Waals surface area contributed by atoms with E-state index in [0.29, 0.717) is 5.71 Å². The van der Waals surface area contributed by atoms with Crippen LogP contribution in [0.25, 0.3) is 66.6 Å². The van der Waals surface area contributed by atoms with Crippen LogP contribution in [0.15, 0.2) is 145 Å². The normalized spacial score (nSPS) is 13.1. The maximum absolute atomic E-state index is 8.45. The van der Waals surface area contributed by atoms with Crippen molar-refractivity contribution in [3.63, 3.8) is 0 Å². The first kappa shape index (κ1) is 26.2. The zero-order valence-electron chi connectivity index (χ0n) is 24.7. The van der Waals surface area contributed by atoms with Gasteiger partial charge in [0, 0.05) is 21.8 Å². The number of hydrogen-bond acceptors (Lipinski definition) is 1. The van der Waals surface area contributed by atoms with Gasteiger partial charge >= 0.3 is 0 Å². The number of aromatic nitrogens is 1. The summed E-state index contributed by atoms with van der Waals surface area (Å²) in [7, 11) is 0. The number of rotatable bonds is 5. The lowest BCUT2D eigenvalue weighted by molar-refractivity contribution is 0.959. The number of aryl methyl sites for hydroxylation is 1. The number of hydrogen-bond donors (Lipinski definition) is 1. The van der Waals surface area contributed by atoms with Crippen LogP contribution in [-0.4, -0.2) is 10.3 Å². The van der Waals surface area contributed by atoms with Gasteiger partial charge in [-0.25, -0.2) is 0 Å². The van der Waals surface area contributed by atoms with Crippen molar-refractivity contribution in [3.8, 4) is 27.9 Å². The van der Waals surface area contributed by atoms with Crippen LogP contribution >= 0.6 is 0 Å². The van der Waals surface area contributed by atoms with Gasteiger partial charge in [0.15, 0.2) is 0 Å². The van der Waals surface area contributed by atoms with E-state index in [2.05, 4.69) is 138 Å². The van der Waals surface area contributed by atoms with E-state index in [1.54, 1.807) is 0 Å². The lowest BCUT2D eigenvalue weighted by Gasteiger charge is -2.17. The number of allylic oxidation sites excluding steroid dienone is 3. The Morgan fingerprint density at radius 2 is 1.32 bits per heavy atom. The molecule has 210 valence electrons. The van der Waals surface area contributed by atoms with Gasteiger partial charge in [-0.15, -0.1) is 0 Å². The largest absolute Gasteiger partial charge is 0.309 e. The zero-order chi connectivity index (χ0) is 29.6. The average molecular weight is 565 g/mol. The molecule has 1 aliphatic carbocycles. The summed E-state index contributed by atoms with van der Waals surface area (Å²) in [5.74, 6) is 0. The summed E-state index contributed by atoms with van der Waals surface area (Å²) >= 11 is 0. The van der Waals surface area contributed by atoms with E-state index >= 15 is 0 Å². The van der Waals surface area contributed by atoms with Gasteiger partial charge in [0.05, 0.1) is 16.7 Å². The predicted octanol–water partition coefficient (Wildman–Crippen LogP) is 11.2. The van der Waals surface area contributed by atoms with Crippen molar-refractivity contribution < 1.29 is 0 Å². The quantitative estimate of drug-likeness (QED) is 0.202. The molecule has 0 atom stereocenters. The standard InChI is InChI=1S/C42H32N2/c1-2-9-40(43)34-17-15-29-14-16-31(25-35(29)26-34)32-19-22-38-39-23-20-33-24-30(28-10-5-3-6-11-28)18-21-37(33)42(39)44(41(38)27-32)36-12-7-4-8-13-36/h2-14,16,18-27,43H,15,17H2,1H3/b9-2-,43-40?. The highest BCUT2D eigenvalue weighted by Gasteiger charge is 2.18. The average Bonchev–Trinajstić information content (AvgIpc) is 3.42. The van der Waals surface area contributed by atoms with Crippen LogP contribution < -0.4 is 0 Å². The highest BCUT2D eigenvalue weighted by Crippen LogP contribution is 2.40. The Kier molecular flexibility index (Phi) is 6.34. The van der Waals surface area contributed by atoms with E-state index in [9.17, 15) is 0 Å². The van der Waals surface area contributed by atoms with Crippen LogP contribution in [-0.2, 0) is 6.42 Å². The molecule has 0 aliphatic heterocycles. The molecule has 2 nitrogen and oxygen atoms in total. The van der Waals surface area contributed by atoms with Crippen LogP contribution in [0.4, 0.5) is 0 Å². The third kappa shape index (κ3) is 4.39. The Hall–Kier alpha value is -5.47. The van der Waals surface area contributed by atoms with Crippen LogP contribution in [0.1, 0.15) is 24.5 Å². The summed E-state index contributed by atoms with van der Waals surface area (Å²) in [5.41, 5.74) is 12.7. The molecule has 0 radical (unpaired) electrons. The molecule has 0 saturated heterocycles. The van der Waals surface area contributed by atoms with Crippen molar-refractivity contribution >= 4 is 44.4 Å². The highest BCUT2D eigenvalue weighted by molar-refractivity contribution is 6.19. The number of fused-ring (bicyclic) bond motifs is 6. The van der Waals surface area contributed by atoms with Gasteiger partial charge in [0.25, 0.3) is 0 Å². The summed E-state index contributed by atoms with van der Waals surface area (Å²) in [5, 5.41) is 13.4. The smallest absolute Gasteiger partial charge is 0.0619 e. The van der Waals surface area contributed by atoms with Crippen LogP contribution in [0.5, 0.6) is 0 Å². The van der Waals surface area contributed by atoms with E-state index < -0.39 is 0 Å². The molecule has 0 unspecified atom stereocenters. The SMILES string of the molecule is C/C=C\C(=N)C1=Cc2cc(-c3ccc4c5ccc6cc(-c7ccccc7)ccc6c5n(-c5ccccc5)c4c3)ccc2CC1. The van der Waals surface area contributed by atoms with Crippen LogP contribution in [0.3, 0.4) is 0 Å². The summed E-state index contributed by atoms with van der Waals surface area (Å²) in [6.45, 7) is 1.97. The Bertz CT molecular complexity index is 2280. The van der Waals surface area contributed by atoms with E-state index in [1.165, 1.54) is 66.0 Å². The van der Waals surface area contributed by atoms with E-state index in [0.717, 1.165) is 24.1 Å². The Morgan fingerprint density at radius 3 is 2.11 bits per heavy atom. The van der Waals surface area contributed by atoms with Gasteiger partial charge in [-0.05, 0) is 107 Å². The van der Waals surface area contributed by atoms with Crippen molar-refractivity contribution in [1.82, 2.24) is 4.57 Å². The summed E-state index contributed by atoms with van der Waals surface area (Å²) < 4.78 is 2.44. The van der Waals surface area contributed by atoms with Gasteiger partial charge < -0.3 is 9.98 Å². The zero-order valence-corrected chi connectivity index (χ0v) is 24.7. The fourth-order valence-corrected chi connectivity index (χ4v) is 6.82. The maximum Gasteiger partial charge on any atom is 0.0619 e. The van der Waals surface area contributed by atoms with Crippen molar-refractivity contribution in [2.45, 2.75) is 19.8 Å². The van der Waals surface area contributed by atoms with Crippen molar-refractivity contribution in [2.75, 3.05) is 0 Å². The highest BCUT2D eigenvalue weighted by atomic mass is 15.0. The summed E-state index contributed by atoms with van der Waals surface area (Å²) in [6.07, 6.45) is 7.94. The second-order valence-corrected chi connectivity index (χ2v) is 11.7. The minimum Gasteiger partial charge on any atom is -0.309 e.